The SMILES string of the molecule is CCCN(CC(=O)N1CCc2cc(OC)c(OC)cc2C1C)C(=O)c1cccc(F)c1. The van der Waals surface area contributed by atoms with Crippen LogP contribution in [0.25, 0.3) is 0 Å². The Kier molecular flexibility index (Phi) is 7.15. The van der Waals surface area contributed by atoms with Crippen LogP contribution in [-0.2, 0) is 11.2 Å². The number of hydrogen-bond donors (Lipinski definition) is 0. The molecular weight excluding hydrogens is 399 g/mol. The number of fused-ring (bicyclic) bond motifs is 1. The van der Waals surface area contributed by atoms with E-state index in [4.69, 9.17) is 9.47 Å². The summed E-state index contributed by atoms with van der Waals surface area (Å²) in [6, 6.07) is 9.28. The van der Waals surface area contributed by atoms with Crippen molar-refractivity contribution in [2.24, 2.45) is 0 Å². The van der Waals surface area contributed by atoms with Crippen LogP contribution in [0.5, 0.6) is 11.5 Å². The minimum Gasteiger partial charge on any atom is -0.493 e. The lowest BCUT2D eigenvalue weighted by Gasteiger charge is -2.37. The zero-order valence-corrected chi connectivity index (χ0v) is 18.5. The molecule has 3 rings (SSSR count). The summed E-state index contributed by atoms with van der Waals surface area (Å²) in [7, 11) is 3.19. The summed E-state index contributed by atoms with van der Waals surface area (Å²) >= 11 is 0. The Morgan fingerprint density at radius 2 is 1.87 bits per heavy atom. The van der Waals surface area contributed by atoms with E-state index < -0.39 is 5.82 Å². The second-order valence-electron chi connectivity index (χ2n) is 7.66. The number of benzene rings is 2. The van der Waals surface area contributed by atoms with Crippen molar-refractivity contribution in [3.05, 3.63) is 58.9 Å². The van der Waals surface area contributed by atoms with Crippen LogP contribution in [-0.4, -0.2) is 55.5 Å². The summed E-state index contributed by atoms with van der Waals surface area (Å²) in [4.78, 5) is 29.4. The van der Waals surface area contributed by atoms with Crippen molar-refractivity contribution in [2.75, 3.05) is 33.9 Å². The van der Waals surface area contributed by atoms with Crippen LogP contribution in [0.15, 0.2) is 36.4 Å². The molecule has 1 atom stereocenters. The first kappa shape index (κ1) is 22.6. The molecule has 1 heterocycles. The van der Waals surface area contributed by atoms with Gasteiger partial charge in [-0.05, 0) is 61.2 Å². The van der Waals surface area contributed by atoms with E-state index in [1.807, 2.05) is 26.0 Å². The third-order valence-corrected chi connectivity index (χ3v) is 5.68. The van der Waals surface area contributed by atoms with Crippen LogP contribution >= 0.6 is 0 Å². The van der Waals surface area contributed by atoms with Crippen molar-refractivity contribution in [2.45, 2.75) is 32.7 Å². The second-order valence-corrected chi connectivity index (χ2v) is 7.66. The van der Waals surface area contributed by atoms with Gasteiger partial charge in [-0.15, -0.1) is 0 Å². The average Bonchev–Trinajstić information content (AvgIpc) is 2.77. The molecule has 1 aliphatic heterocycles. The van der Waals surface area contributed by atoms with Gasteiger partial charge in [-0.1, -0.05) is 13.0 Å². The van der Waals surface area contributed by atoms with Gasteiger partial charge in [-0.2, -0.15) is 0 Å². The van der Waals surface area contributed by atoms with Crippen LogP contribution in [0.2, 0.25) is 0 Å². The highest BCUT2D eigenvalue weighted by atomic mass is 19.1. The van der Waals surface area contributed by atoms with E-state index >= 15 is 0 Å². The number of hydrogen-bond acceptors (Lipinski definition) is 4. The van der Waals surface area contributed by atoms with Gasteiger partial charge in [0.05, 0.1) is 20.3 Å². The van der Waals surface area contributed by atoms with Crippen LogP contribution in [0.1, 0.15) is 47.8 Å². The second kappa shape index (κ2) is 9.81. The smallest absolute Gasteiger partial charge is 0.254 e. The van der Waals surface area contributed by atoms with E-state index in [1.54, 1.807) is 25.2 Å². The lowest BCUT2D eigenvalue weighted by atomic mass is 9.92. The molecule has 7 heteroatoms. The Morgan fingerprint density at radius 1 is 1.16 bits per heavy atom. The number of halogens is 1. The molecule has 1 unspecified atom stereocenters. The zero-order valence-electron chi connectivity index (χ0n) is 18.5. The summed E-state index contributed by atoms with van der Waals surface area (Å²) in [6.07, 6.45) is 1.39. The van der Waals surface area contributed by atoms with Gasteiger partial charge >= 0.3 is 0 Å². The normalized spacial score (nSPS) is 15.3. The monoisotopic (exact) mass is 428 g/mol. The number of carbonyl (C=O) groups is 2. The predicted octanol–water partition coefficient (Wildman–Crippen LogP) is 3.84. The van der Waals surface area contributed by atoms with Crippen molar-refractivity contribution in [3.8, 4) is 11.5 Å². The minimum absolute atomic E-state index is 0.0455. The molecule has 0 radical (unpaired) electrons. The van der Waals surface area contributed by atoms with E-state index in [9.17, 15) is 14.0 Å². The van der Waals surface area contributed by atoms with Crippen molar-refractivity contribution in [1.82, 2.24) is 9.80 Å². The van der Waals surface area contributed by atoms with Crippen molar-refractivity contribution in [3.63, 3.8) is 0 Å². The Labute approximate surface area is 182 Å². The molecule has 0 aliphatic carbocycles. The van der Waals surface area contributed by atoms with Gasteiger partial charge < -0.3 is 19.3 Å². The number of carbonyl (C=O) groups excluding carboxylic acids is 2. The fourth-order valence-electron chi connectivity index (χ4n) is 4.07. The van der Waals surface area contributed by atoms with E-state index in [2.05, 4.69) is 0 Å². The molecular formula is C24H29FN2O4. The first-order chi connectivity index (χ1) is 14.9. The number of methoxy groups -OCH3 is 2. The number of rotatable bonds is 7. The Morgan fingerprint density at radius 3 is 2.52 bits per heavy atom. The maximum Gasteiger partial charge on any atom is 0.254 e. The van der Waals surface area contributed by atoms with Crippen LogP contribution in [0.4, 0.5) is 4.39 Å². The lowest BCUT2D eigenvalue weighted by molar-refractivity contribution is -0.134. The maximum absolute atomic E-state index is 13.6. The molecule has 0 saturated heterocycles. The van der Waals surface area contributed by atoms with Gasteiger partial charge in [-0.3, -0.25) is 9.59 Å². The van der Waals surface area contributed by atoms with E-state index in [-0.39, 0.29) is 30.0 Å². The summed E-state index contributed by atoms with van der Waals surface area (Å²) in [5.74, 6) is 0.343. The van der Waals surface area contributed by atoms with Gasteiger partial charge in [0.15, 0.2) is 11.5 Å². The summed E-state index contributed by atoms with van der Waals surface area (Å²) in [5.41, 5.74) is 2.38. The Balaban J connectivity index is 1.79. The molecule has 0 aromatic heterocycles. The molecule has 1 aliphatic rings. The van der Waals surface area contributed by atoms with Crippen LogP contribution in [0, 0.1) is 5.82 Å². The largest absolute Gasteiger partial charge is 0.493 e. The molecule has 0 fully saturated rings. The molecule has 166 valence electrons. The molecule has 6 nitrogen and oxygen atoms in total. The molecule has 0 N–H and O–H groups in total. The van der Waals surface area contributed by atoms with Gasteiger partial charge in [0.2, 0.25) is 5.91 Å². The first-order valence-electron chi connectivity index (χ1n) is 10.5. The summed E-state index contributed by atoms with van der Waals surface area (Å²) < 4.78 is 24.4. The number of ether oxygens (including phenoxy) is 2. The topological polar surface area (TPSA) is 59.1 Å². The van der Waals surface area contributed by atoms with Crippen LogP contribution < -0.4 is 9.47 Å². The predicted molar refractivity (Wildman–Crippen MR) is 116 cm³/mol. The quantitative estimate of drug-likeness (QED) is 0.672. The minimum atomic E-state index is -0.473. The zero-order chi connectivity index (χ0) is 22.5. The standard InChI is InChI=1S/C24H29FN2O4/c1-5-10-26(24(29)18-7-6-8-19(25)12-18)15-23(28)27-11-9-17-13-21(30-3)22(31-4)14-20(17)16(27)2/h6-8,12-14,16H,5,9-11,15H2,1-4H3. The van der Waals surface area contributed by atoms with Gasteiger partial charge in [-0.25, -0.2) is 4.39 Å². The number of amides is 2. The van der Waals surface area contributed by atoms with E-state index in [0.717, 1.165) is 11.1 Å². The molecule has 0 bridgehead atoms. The fraction of sp³-hybridized carbons (Fsp3) is 0.417. The average molecular weight is 429 g/mol. The third-order valence-electron chi connectivity index (χ3n) is 5.68. The van der Waals surface area contributed by atoms with Gasteiger partial charge in [0.25, 0.3) is 5.91 Å². The molecule has 31 heavy (non-hydrogen) atoms. The molecule has 0 saturated carbocycles. The van der Waals surface area contributed by atoms with Crippen molar-refractivity contribution < 1.29 is 23.5 Å². The molecule has 2 amide bonds. The first-order valence-corrected chi connectivity index (χ1v) is 10.5. The highest BCUT2D eigenvalue weighted by Gasteiger charge is 2.31. The van der Waals surface area contributed by atoms with Gasteiger partial charge in [0.1, 0.15) is 12.4 Å². The summed E-state index contributed by atoms with van der Waals surface area (Å²) in [6.45, 7) is 4.84. The molecule has 2 aromatic rings. The molecule has 0 spiro atoms. The highest BCUT2D eigenvalue weighted by molar-refractivity contribution is 5.96. The fourth-order valence-corrected chi connectivity index (χ4v) is 4.07. The lowest BCUT2D eigenvalue weighted by Crippen LogP contribution is -2.46. The molecule has 2 aromatic carbocycles. The third kappa shape index (κ3) is 4.81. The Bertz CT molecular complexity index is 963. The maximum atomic E-state index is 13.6. The summed E-state index contributed by atoms with van der Waals surface area (Å²) in [5, 5.41) is 0. The van der Waals surface area contributed by atoms with E-state index in [0.29, 0.717) is 37.4 Å². The Hall–Kier alpha value is -3.09. The van der Waals surface area contributed by atoms with Crippen LogP contribution in [0.3, 0.4) is 0 Å². The highest BCUT2D eigenvalue weighted by Crippen LogP contribution is 2.37. The number of nitrogens with zero attached hydrogens (tertiary/aromatic N) is 2. The van der Waals surface area contributed by atoms with E-state index in [1.165, 1.54) is 23.1 Å². The van der Waals surface area contributed by atoms with Gasteiger partial charge in [0, 0.05) is 18.7 Å². The van der Waals surface area contributed by atoms with Crippen molar-refractivity contribution in [1.29, 1.82) is 0 Å². The van der Waals surface area contributed by atoms with Crippen molar-refractivity contribution >= 4 is 11.8 Å².